The van der Waals surface area contributed by atoms with E-state index in [1.165, 1.54) is 0 Å². The van der Waals surface area contributed by atoms with Crippen LogP contribution in [-0.4, -0.2) is 9.78 Å². The van der Waals surface area contributed by atoms with E-state index in [1.807, 2.05) is 42.5 Å². The lowest BCUT2D eigenvalue weighted by Gasteiger charge is -2.08. The van der Waals surface area contributed by atoms with Crippen LogP contribution in [0.1, 0.15) is 5.56 Å². The lowest BCUT2D eigenvalue weighted by molar-refractivity contribution is 0.888. The molecular weight excluding hydrogens is 270 g/mol. The van der Waals surface area contributed by atoms with Gasteiger partial charge in [-0.2, -0.15) is 10.4 Å². The van der Waals surface area contributed by atoms with Gasteiger partial charge in [-0.15, -0.1) is 0 Å². The van der Waals surface area contributed by atoms with Gasteiger partial charge in [0, 0.05) is 10.6 Å². The first-order valence-electron chi connectivity index (χ1n) is 6.09. The van der Waals surface area contributed by atoms with Gasteiger partial charge in [-0.25, -0.2) is 4.68 Å². The fourth-order valence-electron chi connectivity index (χ4n) is 2.08. The molecule has 1 heterocycles. The summed E-state index contributed by atoms with van der Waals surface area (Å²) in [5.74, 6) is 0. The highest BCUT2D eigenvalue weighted by molar-refractivity contribution is 6.30. The number of hydrogen-bond donors (Lipinski definition) is 0. The Morgan fingerprint density at radius 2 is 1.70 bits per heavy atom. The maximum Gasteiger partial charge on any atom is 0.103 e. The predicted molar refractivity (Wildman–Crippen MR) is 78.7 cm³/mol. The van der Waals surface area contributed by atoms with Crippen LogP contribution in [0.3, 0.4) is 0 Å². The molecule has 1 aromatic heterocycles. The van der Waals surface area contributed by atoms with Crippen LogP contribution < -0.4 is 0 Å². The van der Waals surface area contributed by atoms with Gasteiger partial charge < -0.3 is 0 Å². The van der Waals surface area contributed by atoms with Gasteiger partial charge in [0.25, 0.3) is 0 Å². The minimum Gasteiger partial charge on any atom is -0.232 e. The summed E-state index contributed by atoms with van der Waals surface area (Å²) in [6.07, 6.45) is 1.58. The van der Waals surface area contributed by atoms with E-state index in [1.54, 1.807) is 23.0 Å². The molecule has 0 N–H and O–H groups in total. The molecular formula is C16H10ClN3. The number of para-hydroxylation sites is 1. The number of nitriles is 1. The summed E-state index contributed by atoms with van der Waals surface area (Å²) in [4.78, 5) is 0. The lowest BCUT2D eigenvalue weighted by Crippen LogP contribution is -1.99. The molecule has 0 saturated heterocycles. The van der Waals surface area contributed by atoms with E-state index in [0.717, 1.165) is 16.9 Å². The lowest BCUT2D eigenvalue weighted by atomic mass is 10.1. The van der Waals surface area contributed by atoms with Crippen molar-refractivity contribution in [2.24, 2.45) is 0 Å². The largest absolute Gasteiger partial charge is 0.232 e. The second kappa shape index (κ2) is 5.20. The molecule has 20 heavy (non-hydrogen) atoms. The molecule has 0 aliphatic carbocycles. The maximum absolute atomic E-state index is 9.27. The van der Waals surface area contributed by atoms with Gasteiger partial charge >= 0.3 is 0 Å². The number of rotatable bonds is 2. The topological polar surface area (TPSA) is 41.6 Å². The second-order valence-electron chi connectivity index (χ2n) is 4.27. The molecule has 0 atom stereocenters. The molecule has 0 fully saturated rings. The summed E-state index contributed by atoms with van der Waals surface area (Å²) in [7, 11) is 0. The quantitative estimate of drug-likeness (QED) is 0.710. The molecule has 0 radical (unpaired) electrons. The summed E-state index contributed by atoms with van der Waals surface area (Å²) >= 11 is 5.92. The standard InChI is InChI=1S/C16H10ClN3/c17-14-8-6-12(7-9-14)16-13(10-18)11-19-20(16)15-4-2-1-3-5-15/h1-9,11H. The minimum atomic E-state index is 0.538. The highest BCUT2D eigenvalue weighted by atomic mass is 35.5. The van der Waals surface area contributed by atoms with Crippen LogP contribution in [0.5, 0.6) is 0 Å². The molecule has 0 unspecified atom stereocenters. The number of hydrogen-bond acceptors (Lipinski definition) is 2. The van der Waals surface area contributed by atoms with Crippen molar-refractivity contribution in [3.63, 3.8) is 0 Å². The Labute approximate surface area is 121 Å². The van der Waals surface area contributed by atoms with Gasteiger partial charge in [0.1, 0.15) is 6.07 Å². The first kappa shape index (κ1) is 12.5. The van der Waals surface area contributed by atoms with Crippen molar-refractivity contribution in [2.45, 2.75) is 0 Å². The zero-order valence-corrected chi connectivity index (χ0v) is 11.2. The van der Waals surface area contributed by atoms with E-state index < -0.39 is 0 Å². The smallest absolute Gasteiger partial charge is 0.103 e. The van der Waals surface area contributed by atoms with Gasteiger partial charge in [-0.3, -0.25) is 0 Å². The SMILES string of the molecule is N#Cc1cnn(-c2ccccc2)c1-c1ccc(Cl)cc1. The Hall–Kier alpha value is -2.57. The predicted octanol–water partition coefficient (Wildman–Crippen LogP) is 4.06. The molecule has 3 aromatic rings. The molecule has 4 heteroatoms. The molecule has 0 aliphatic heterocycles. The van der Waals surface area contributed by atoms with E-state index >= 15 is 0 Å². The summed E-state index contributed by atoms with van der Waals surface area (Å²) in [5.41, 5.74) is 3.14. The van der Waals surface area contributed by atoms with Crippen molar-refractivity contribution in [1.82, 2.24) is 9.78 Å². The van der Waals surface area contributed by atoms with Crippen LogP contribution in [0.15, 0.2) is 60.8 Å². The van der Waals surface area contributed by atoms with Crippen molar-refractivity contribution >= 4 is 11.6 Å². The summed E-state index contributed by atoms with van der Waals surface area (Å²) in [5, 5.41) is 14.2. The third kappa shape index (κ3) is 2.18. The Morgan fingerprint density at radius 1 is 1.00 bits per heavy atom. The Bertz CT molecular complexity index is 768. The van der Waals surface area contributed by atoms with Gasteiger partial charge in [0.05, 0.1) is 23.1 Å². The van der Waals surface area contributed by atoms with E-state index in [9.17, 15) is 5.26 Å². The van der Waals surface area contributed by atoms with E-state index in [4.69, 9.17) is 11.6 Å². The van der Waals surface area contributed by atoms with Crippen LogP contribution in [0.4, 0.5) is 0 Å². The molecule has 3 rings (SSSR count). The Balaban J connectivity index is 2.21. The third-order valence-electron chi connectivity index (χ3n) is 3.01. The minimum absolute atomic E-state index is 0.538. The van der Waals surface area contributed by atoms with Gasteiger partial charge in [0.15, 0.2) is 0 Å². The summed E-state index contributed by atoms with van der Waals surface area (Å²) in [6, 6.07) is 19.3. The fourth-order valence-corrected chi connectivity index (χ4v) is 2.21. The number of aromatic nitrogens is 2. The van der Waals surface area contributed by atoms with Crippen molar-refractivity contribution in [1.29, 1.82) is 5.26 Å². The van der Waals surface area contributed by atoms with E-state index in [2.05, 4.69) is 11.2 Å². The van der Waals surface area contributed by atoms with Gasteiger partial charge in [-0.1, -0.05) is 41.9 Å². The highest BCUT2D eigenvalue weighted by Gasteiger charge is 2.13. The fraction of sp³-hybridized carbons (Fsp3) is 0. The third-order valence-corrected chi connectivity index (χ3v) is 3.26. The first-order valence-corrected chi connectivity index (χ1v) is 6.47. The number of benzene rings is 2. The van der Waals surface area contributed by atoms with Crippen molar-refractivity contribution in [2.75, 3.05) is 0 Å². The van der Waals surface area contributed by atoms with Crippen molar-refractivity contribution in [3.8, 4) is 23.0 Å². The Kier molecular flexibility index (Phi) is 3.24. The zero-order chi connectivity index (χ0) is 13.9. The molecule has 3 nitrogen and oxygen atoms in total. The highest BCUT2D eigenvalue weighted by Crippen LogP contribution is 2.27. The second-order valence-corrected chi connectivity index (χ2v) is 4.71. The summed E-state index contributed by atoms with van der Waals surface area (Å²) < 4.78 is 1.77. The molecule has 2 aromatic carbocycles. The number of nitrogens with zero attached hydrogens (tertiary/aromatic N) is 3. The average molecular weight is 280 g/mol. The molecule has 0 saturated carbocycles. The zero-order valence-electron chi connectivity index (χ0n) is 10.5. The van der Waals surface area contributed by atoms with Crippen molar-refractivity contribution < 1.29 is 0 Å². The molecule has 0 spiro atoms. The van der Waals surface area contributed by atoms with Crippen LogP contribution >= 0.6 is 11.6 Å². The Morgan fingerprint density at radius 3 is 2.35 bits per heavy atom. The normalized spacial score (nSPS) is 10.2. The van der Waals surface area contributed by atoms with E-state index in [-0.39, 0.29) is 0 Å². The molecule has 0 bridgehead atoms. The molecule has 0 amide bonds. The van der Waals surface area contributed by atoms with Crippen LogP contribution in [0.2, 0.25) is 5.02 Å². The summed E-state index contributed by atoms with van der Waals surface area (Å²) in [6.45, 7) is 0. The van der Waals surface area contributed by atoms with Crippen molar-refractivity contribution in [3.05, 3.63) is 71.4 Å². The maximum atomic E-state index is 9.27. The molecule has 96 valence electrons. The monoisotopic (exact) mass is 279 g/mol. The van der Waals surface area contributed by atoms with Gasteiger partial charge in [-0.05, 0) is 24.3 Å². The van der Waals surface area contributed by atoms with E-state index in [0.29, 0.717) is 10.6 Å². The van der Waals surface area contributed by atoms with Gasteiger partial charge in [0.2, 0.25) is 0 Å². The van der Waals surface area contributed by atoms with Crippen LogP contribution in [0, 0.1) is 11.3 Å². The molecule has 0 aliphatic rings. The number of halogens is 1. The van der Waals surface area contributed by atoms with Crippen LogP contribution in [0.25, 0.3) is 16.9 Å². The average Bonchev–Trinajstić information content (AvgIpc) is 2.93. The van der Waals surface area contributed by atoms with Crippen LogP contribution in [-0.2, 0) is 0 Å². The first-order chi connectivity index (χ1) is 9.79.